The topological polar surface area (TPSA) is 193 Å². The first kappa shape index (κ1) is 55.2. The Morgan fingerprint density at radius 1 is 1.10 bits per heavy atom. The molecule has 9 heteroatoms. The molecule has 0 atom stereocenters. The zero-order valence-corrected chi connectivity index (χ0v) is 5.51. The molecule has 10 heavy (non-hydrogen) atoms. The van der Waals surface area contributed by atoms with Crippen molar-refractivity contribution in [3.63, 3.8) is 0 Å². The molecule has 0 fully saturated rings. The summed E-state index contributed by atoms with van der Waals surface area (Å²) >= 11 is 0. The molecule has 0 rings (SSSR count). The monoisotopic (exact) mass is 208 g/mol. The molecule has 72 valence electrons. The fraction of sp³-hybridized carbons (Fsp3) is 0. The summed E-state index contributed by atoms with van der Waals surface area (Å²) in [6, 6.07) is 0. The van der Waals surface area contributed by atoms with Gasteiger partial charge in [-0.15, -0.1) is 0 Å². The molecule has 10 N–H and O–H groups in total. The maximum Gasteiger partial charge on any atom is 0.537 e. The van der Waals surface area contributed by atoms with Crippen molar-refractivity contribution in [3.8, 4) is 0 Å². The molecule has 0 aromatic carbocycles. The summed E-state index contributed by atoms with van der Waals surface area (Å²) in [7, 11) is 0. The SMILES string of the molecule is O.O.O.O.O=C(O)OO.[Ni]. The number of carboxylic acid groups (broad SMARTS) is 1. The standard InChI is InChI=1S/CH2O4.Ni.4H2O/c2-1(3)5-4;;;;;/h4H,(H,2,3);;4*1H2. The van der Waals surface area contributed by atoms with Crippen molar-refractivity contribution in [3.05, 3.63) is 0 Å². The Balaban J connectivity index is -0.00000000800. The van der Waals surface area contributed by atoms with E-state index in [-0.39, 0.29) is 38.4 Å². The molecule has 0 aromatic rings. The Hall–Kier alpha value is -0.436. The average molecular weight is 209 g/mol. The minimum atomic E-state index is -1.69. The van der Waals surface area contributed by atoms with Crippen LogP contribution in [-0.4, -0.2) is 38.4 Å². The van der Waals surface area contributed by atoms with Gasteiger partial charge in [-0.05, 0) is 0 Å². The van der Waals surface area contributed by atoms with E-state index in [0.717, 1.165) is 0 Å². The number of hydrogen-bond acceptors (Lipinski definition) is 3. The van der Waals surface area contributed by atoms with Crippen LogP contribution in [0.15, 0.2) is 0 Å². The van der Waals surface area contributed by atoms with Crippen LogP contribution >= 0.6 is 0 Å². The summed E-state index contributed by atoms with van der Waals surface area (Å²) in [4.78, 5) is 11.6. The van der Waals surface area contributed by atoms with E-state index in [9.17, 15) is 0 Å². The summed E-state index contributed by atoms with van der Waals surface area (Å²) < 4.78 is 0. The molecule has 0 saturated heterocycles. The van der Waals surface area contributed by atoms with Crippen LogP contribution in [0.2, 0.25) is 0 Å². The minimum absolute atomic E-state index is 0. The fourth-order valence-corrected chi connectivity index (χ4v) is 0. The van der Waals surface area contributed by atoms with Gasteiger partial charge in [0.2, 0.25) is 0 Å². The van der Waals surface area contributed by atoms with Crippen molar-refractivity contribution in [2.75, 3.05) is 0 Å². The van der Waals surface area contributed by atoms with Gasteiger partial charge in [-0.25, -0.2) is 4.79 Å². The first-order valence-electron chi connectivity index (χ1n) is 0.814. The van der Waals surface area contributed by atoms with Gasteiger partial charge in [0, 0.05) is 16.5 Å². The Kier molecular flexibility index (Phi) is 213. The molecule has 0 bridgehead atoms. The van der Waals surface area contributed by atoms with Crippen molar-refractivity contribution in [2.45, 2.75) is 0 Å². The van der Waals surface area contributed by atoms with Crippen LogP contribution in [0, 0.1) is 0 Å². The fourth-order valence-electron chi connectivity index (χ4n) is 0. The van der Waals surface area contributed by atoms with Gasteiger partial charge in [0.1, 0.15) is 0 Å². The molecular weight excluding hydrogens is 199 g/mol. The van der Waals surface area contributed by atoms with Crippen LogP contribution in [0.1, 0.15) is 0 Å². The molecule has 0 saturated carbocycles. The second kappa shape index (κ2) is 38.6. The van der Waals surface area contributed by atoms with E-state index in [1.165, 1.54) is 0 Å². The summed E-state index contributed by atoms with van der Waals surface area (Å²) in [5.41, 5.74) is 0. The Morgan fingerprint density at radius 2 is 1.20 bits per heavy atom. The Labute approximate surface area is 65.5 Å². The van der Waals surface area contributed by atoms with Gasteiger partial charge >= 0.3 is 6.16 Å². The van der Waals surface area contributed by atoms with E-state index in [1.807, 2.05) is 0 Å². The minimum Gasteiger partial charge on any atom is -0.448 e. The van der Waals surface area contributed by atoms with E-state index >= 15 is 0 Å². The second-order valence-corrected chi connectivity index (χ2v) is 0.357. The van der Waals surface area contributed by atoms with Gasteiger partial charge in [-0.2, -0.15) is 5.26 Å². The summed E-state index contributed by atoms with van der Waals surface area (Å²) in [5, 5.41) is 14.3. The molecule has 0 spiro atoms. The van der Waals surface area contributed by atoms with E-state index in [0.29, 0.717) is 0 Å². The smallest absolute Gasteiger partial charge is 0.448 e. The molecule has 0 aliphatic rings. The van der Waals surface area contributed by atoms with E-state index in [4.69, 9.17) is 15.2 Å². The molecule has 0 aliphatic carbocycles. The van der Waals surface area contributed by atoms with Crippen LogP contribution in [0.3, 0.4) is 0 Å². The quantitative estimate of drug-likeness (QED) is 0.241. The Bertz CT molecular complexity index is 44.5. The maximum atomic E-state index is 8.90. The molecule has 8 nitrogen and oxygen atoms in total. The number of carbonyl (C=O) groups is 1. The van der Waals surface area contributed by atoms with Crippen molar-refractivity contribution in [1.29, 1.82) is 0 Å². The average Bonchev–Trinajstić information content (AvgIpc) is 1.38. The zero-order valence-electron chi connectivity index (χ0n) is 4.53. The third-order valence-electron chi connectivity index (χ3n) is 0.0781. The molecule has 0 unspecified atom stereocenters. The van der Waals surface area contributed by atoms with Gasteiger partial charge in [0.15, 0.2) is 0 Å². The predicted octanol–water partition coefficient (Wildman–Crippen LogP) is -3.15. The molecule has 0 aromatic heterocycles. The van der Waals surface area contributed by atoms with Crippen molar-refractivity contribution >= 4 is 6.16 Å². The van der Waals surface area contributed by atoms with E-state index in [2.05, 4.69) is 4.89 Å². The first-order chi connectivity index (χ1) is 2.27. The van der Waals surface area contributed by atoms with Crippen LogP contribution in [0.5, 0.6) is 0 Å². The molecular formula is CH10NiO8. The van der Waals surface area contributed by atoms with Crippen LogP contribution in [-0.2, 0) is 21.4 Å². The van der Waals surface area contributed by atoms with Crippen molar-refractivity contribution in [1.82, 2.24) is 0 Å². The van der Waals surface area contributed by atoms with Crippen LogP contribution in [0.25, 0.3) is 0 Å². The predicted molar refractivity (Wildman–Crippen MR) is 26.2 cm³/mol. The molecule has 0 heterocycles. The van der Waals surface area contributed by atoms with Gasteiger partial charge < -0.3 is 27.0 Å². The van der Waals surface area contributed by atoms with Gasteiger partial charge in [0.25, 0.3) is 0 Å². The van der Waals surface area contributed by atoms with Gasteiger partial charge in [0.05, 0.1) is 0 Å². The molecule has 0 amide bonds. The van der Waals surface area contributed by atoms with E-state index in [1.54, 1.807) is 0 Å². The third kappa shape index (κ3) is 133. The van der Waals surface area contributed by atoms with E-state index < -0.39 is 6.16 Å². The van der Waals surface area contributed by atoms with Gasteiger partial charge in [-0.1, -0.05) is 0 Å². The Morgan fingerprint density at radius 3 is 1.20 bits per heavy atom. The van der Waals surface area contributed by atoms with Crippen molar-refractivity contribution in [2.24, 2.45) is 0 Å². The first-order valence-corrected chi connectivity index (χ1v) is 0.814. The van der Waals surface area contributed by atoms with Crippen molar-refractivity contribution < 1.29 is 58.4 Å². The normalized spacial score (nSPS) is 3.30. The molecule has 0 radical (unpaired) electrons. The number of hydrogen-bond donors (Lipinski definition) is 2. The molecule has 0 aliphatic heterocycles. The summed E-state index contributed by atoms with van der Waals surface area (Å²) in [5.74, 6) is 0. The second-order valence-electron chi connectivity index (χ2n) is 0.357. The summed E-state index contributed by atoms with van der Waals surface area (Å²) in [6.45, 7) is 0. The van der Waals surface area contributed by atoms with Gasteiger partial charge in [-0.3, -0.25) is 4.89 Å². The third-order valence-corrected chi connectivity index (χ3v) is 0.0781. The summed E-state index contributed by atoms with van der Waals surface area (Å²) in [6.07, 6.45) is -1.69. The zero-order chi connectivity index (χ0) is 4.28. The van der Waals surface area contributed by atoms with Crippen LogP contribution < -0.4 is 0 Å². The van der Waals surface area contributed by atoms with Crippen LogP contribution in [0.4, 0.5) is 4.79 Å². The maximum absolute atomic E-state index is 8.90. The largest absolute Gasteiger partial charge is 0.537 e. The number of rotatable bonds is 0.